The maximum absolute atomic E-state index is 12.6. The summed E-state index contributed by atoms with van der Waals surface area (Å²) in [6.45, 7) is 4.11. The van der Waals surface area contributed by atoms with Gasteiger partial charge in [0.05, 0.1) is 18.4 Å². The smallest absolute Gasteiger partial charge is 0.267 e. The van der Waals surface area contributed by atoms with Crippen molar-refractivity contribution in [3.63, 3.8) is 0 Å². The Morgan fingerprint density at radius 1 is 1.32 bits per heavy atom. The molecule has 0 unspecified atom stereocenters. The Labute approximate surface area is 162 Å². The average Bonchev–Trinajstić information content (AvgIpc) is 2.70. The minimum absolute atomic E-state index is 0.0237. The molecular formula is C19H22N6O3. The Bertz CT molecular complexity index is 926. The average molecular weight is 382 g/mol. The number of aryl methyl sites for hydroxylation is 1. The van der Waals surface area contributed by atoms with E-state index in [9.17, 15) is 9.59 Å². The number of aromatic nitrogens is 3. The van der Waals surface area contributed by atoms with Crippen LogP contribution in [-0.2, 0) is 9.53 Å². The Hall–Kier alpha value is -3.07. The fraction of sp³-hybridized carbons (Fsp3) is 0.421. The van der Waals surface area contributed by atoms with E-state index >= 15 is 0 Å². The summed E-state index contributed by atoms with van der Waals surface area (Å²) in [6.07, 6.45) is 5.06. The summed E-state index contributed by atoms with van der Waals surface area (Å²) in [7, 11) is 0. The summed E-state index contributed by atoms with van der Waals surface area (Å²) >= 11 is 0. The lowest BCUT2D eigenvalue weighted by molar-refractivity contribution is -0.117. The van der Waals surface area contributed by atoms with Crippen LogP contribution in [0.1, 0.15) is 28.9 Å². The van der Waals surface area contributed by atoms with Crippen LogP contribution in [-0.4, -0.2) is 53.1 Å². The third-order valence-corrected chi connectivity index (χ3v) is 5.14. The molecule has 3 N–H and O–H groups in total. The van der Waals surface area contributed by atoms with Gasteiger partial charge in [0, 0.05) is 31.5 Å². The molecule has 0 saturated carbocycles. The molecule has 2 aliphatic rings. The number of ether oxygens (including phenoxy) is 1. The maximum Gasteiger partial charge on any atom is 0.267 e. The number of anilines is 2. The van der Waals surface area contributed by atoms with Crippen LogP contribution in [0.5, 0.6) is 0 Å². The van der Waals surface area contributed by atoms with Crippen molar-refractivity contribution in [2.24, 2.45) is 11.7 Å². The standard InChI is InChI=1S/C19H22N6O3/c1-11-6-14(17(20)27)21-7-13(11)15-8-22-18-19(24-15)25(16(26)9-23-18)10-12-2-4-28-5-3-12/h6-8,12H,2-5,9-10H2,1H3,(H2,20,27)(H,22,23). The summed E-state index contributed by atoms with van der Waals surface area (Å²) in [5.41, 5.74) is 7.63. The number of rotatable bonds is 4. The van der Waals surface area contributed by atoms with Gasteiger partial charge in [-0.05, 0) is 37.3 Å². The summed E-state index contributed by atoms with van der Waals surface area (Å²) in [6, 6.07) is 1.63. The van der Waals surface area contributed by atoms with E-state index in [1.807, 2.05) is 6.92 Å². The van der Waals surface area contributed by atoms with Crippen molar-refractivity contribution in [3.05, 3.63) is 29.7 Å². The topological polar surface area (TPSA) is 123 Å². The largest absolute Gasteiger partial charge is 0.381 e. The van der Waals surface area contributed by atoms with Crippen LogP contribution in [0.2, 0.25) is 0 Å². The van der Waals surface area contributed by atoms with E-state index in [1.54, 1.807) is 23.4 Å². The van der Waals surface area contributed by atoms with Gasteiger partial charge in [-0.1, -0.05) is 0 Å². The highest BCUT2D eigenvalue weighted by Gasteiger charge is 2.30. The lowest BCUT2D eigenvalue weighted by atomic mass is 9.99. The van der Waals surface area contributed by atoms with Crippen molar-refractivity contribution < 1.29 is 14.3 Å². The number of carbonyl (C=O) groups is 2. The highest BCUT2D eigenvalue weighted by Crippen LogP contribution is 2.31. The molecule has 0 atom stereocenters. The highest BCUT2D eigenvalue weighted by molar-refractivity contribution is 6.01. The van der Waals surface area contributed by atoms with Crippen molar-refractivity contribution in [2.45, 2.75) is 19.8 Å². The molecule has 2 aromatic heterocycles. The van der Waals surface area contributed by atoms with Crippen molar-refractivity contribution in [3.8, 4) is 11.3 Å². The van der Waals surface area contributed by atoms with Gasteiger partial charge in [-0.3, -0.25) is 19.5 Å². The van der Waals surface area contributed by atoms with Gasteiger partial charge in [-0.25, -0.2) is 9.97 Å². The molecule has 9 heteroatoms. The van der Waals surface area contributed by atoms with Gasteiger partial charge >= 0.3 is 0 Å². The second kappa shape index (κ2) is 7.51. The number of hydrogen-bond acceptors (Lipinski definition) is 7. The fourth-order valence-corrected chi connectivity index (χ4v) is 3.53. The van der Waals surface area contributed by atoms with Gasteiger partial charge in [0.25, 0.3) is 5.91 Å². The first-order valence-electron chi connectivity index (χ1n) is 9.29. The number of nitrogens with zero attached hydrogens (tertiary/aromatic N) is 4. The quantitative estimate of drug-likeness (QED) is 0.812. The number of amides is 2. The SMILES string of the molecule is Cc1cc(C(N)=O)ncc1-c1cnc2c(n1)N(CC1CCOCC1)C(=O)CN2. The third-order valence-electron chi connectivity index (χ3n) is 5.14. The van der Waals surface area contributed by atoms with E-state index in [0.29, 0.717) is 29.8 Å². The molecule has 1 fully saturated rings. The van der Waals surface area contributed by atoms with Crippen molar-refractivity contribution >= 4 is 23.5 Å². The number of pyridine rings is 1. The maximum atomic E-state index is 12.6. The van der Waals surface area contributed by atoms with Crippen LogP contribution >= 0.6 is 0 Å². The molecule has 1 saturated heterocycles. The molecule has 4 heterocycles. The van der Waals surface area contributed by atoms with Gasteiger partial charge in [-0.15, -0.1) is 0 Å². The predicted molar refractivity (Wildman–Crippen MR) is 103 cm³/mol. The zero-order valence-corrected chi connectivity index (χ0v) is 15.6. The lowest BCUT2D eigenvalue weighted by Crippen LogP contribution is -2.44. The molecule has 4 rings (SSSR count). The molecular weight excluding hydrogens is 360 g/mol. The van der Waals surface area contributed by atoms with Crippen LogP contribution in [0.4, 0.5) is 11.6 Å². The van der Waals surface area contributed by atoms with Crippen LogP contribution in [0, 0.1) is 12.8 Å². The molecule has 0 bridgehead atoms. The monoisotopic (exact) mass is 382 g/mol. The number of nitrogens with two attached hydrogens (primary N) is 1. The summed E-state index contributed by atoms with van der Waals surface area (Å²) in [4.78, 5) is 38.9. The molecule has 2 aliphatic heterocycles. The number of hydrogen-bond donors (Lipinski definition) is 2. The summed E-state index contributed by atoms with van der Waals surface area (Å²) in [5, 5.41) is 3.03. The number of fused-ring (bicyclic) bond motifs is 1. The lowest BCUT2D eigenvalue weighted by Gasteiger charge is -2.33. The zero-order chi connectivity index (χ0) is 19.7. The fourth-order valence-electron chi connectivity index (χ4n) is 3.53. The van der Waals surface area contributed by atoms with Crippen LogP contribution in [0.15, 0.2) is 18.5 Å². The van der Waals surface area contributed by atoms with E-state index < -0.39 is 5.91 Å². The highest BCUT2D eigenvalue weighted by atomic mass is 16.5. The van der Waals surface area contributed by atoms with Gasteiger partial charge in [-0.2, -0.15) is 0 Å². The molecule has 28 heavy (non-hydrogen) atoms. The Kier molecular flexibility index (Phi) is 4.91. The van der Waals surface area contributed by atoms with Crippen LogP contribution in [0.3, 0.4) is 0 Å². The van der Waals surface area contributed by atoms with Gasteiger partial charge in [0.1, 0.15) is 5.69 Å². The van der Waals surface area contributed by atoms with Gasteiger partial charge in [0.2, 0.25) is 5.91 Å². The second-order valence-electron chi connectivity index (χ2n) is 7.09. The number of nitrogens with one attached hydrogen (secondary N) is 1. The van der Waals surface area contributed by atoms with Gasteiger partial charge < -0.3 is 15.8 Å². The van der Waals surface area contributed by atoms with Crippen molar-refractivity contribution in [1.82, 2.24) is 15.0 Å². The van der Waals surface area contributed by atoms with E-state index in [1.165, 1.54) is 0 Å². The molecule has 2 amide bonds. The summed E-state index contributed by atoms with van der Waals surface area (Å²) < 4.78 is 5.42. The predicted octanol–water partition coefficient (Wildman–Crippen LogP) is 1.13. The van der Waals surface area contributed by atoms with E-state index in [2.05, 4.69) is 15.3 Å². The molecule has 0 aromatic carbocycles. The Morgan fingerprint density at radius 2 is 2.11 bits per heavy atom. The minimum atomic E-state index is -0.580. The molecule has 146 valence electrons. The molecule has 0 spiro atoms. The number of carbonyl (C=O) groups excluding carboxylic acids is 2. The zero-order valence-electron chi connectivity index (χ0n) is 15.6. The first-order valence-corrected chi connectivity index (χ1v) is 9.29. The van der Waals surface area contributed by atoms with E-state index in [4.69, 9.17) is 15.5 Å². The third kappa shape index (κ3) is 3.53. The Morgan fingerprint density at radius 3 is 2.82 bits per heavy atom. The Balaban J connectivity index is 1.67. The van der Waals surface area contributed by atoms with Crippen molar-refractivity contribution in [1.29, 1.82) is 0 Å². The minimum Gasteiger partial charge on any atom is -0.381 e. The molecule has 0 aliphatic carbocycles. The normalized spacial score (nSPS) is 17.2. The van der Waals surface area contributed by atoms with Crippen molar-refractivity contribution in [2.75, 3.05) is 36.5 Å². The molecule has 0 radical (unpaired) electrons. The van der Waals surface area contributed by atoms with Gasteiger partial charge in [0.15, 0.2) is 11.6 Å². The van der Waals surface area contributed by atoms with Crippen LogP contribution < -0.4 is 16.0 Å². The first-order chi connectivity index (χ1) is 13.5. The number of primary amides is 1. The molecule has 2 aromatic rings. The van der Waals surface area contributed by atoms with Crippen LogP contribution in [0.25, 0.3) is 11.3 Å². The first kappa shape index (κ1) is 18.3. The molecule has 9 nitrogen and oxygen atoms in total. The van der Waals surface area contributed by atoms with E-state index in [-0.39, 0.29) is 18.1 Å². The van der Waals surface area contributed by atoms with E-state index in [0.717, 1.165) is 37.2 Å². The summed E-state index contributed by atoms with van der Waals surface area (Å²) in [5.74, 6) is 0.897. The second-order valence-corrected chi connectivity index (χ2v) is 7.09.